The minimum Gasteiger partial charge on any atom is -0.478 e. The summed E-state index contributed by atoms with van der Waals surface area (Å²) >= 11 is 7.45. The van der Waals surface area contributed by atoms with E-state index in [1.807, 2.05) is 0 Å². The fourth-order valence-electron chi connectivity index (χ4n) is 3.78. The number of benzene rings is 1. The molecule has 1 atom stereocenters. The lowest BCUT2D eigenvalue weighted by Crippen LogP contribution is -2.57. The van der Waals surface area contributed by atoms with E-state index in [-0.39, 0.29) is 14.0 Å². The lowest BCUT2D eigenvalue weighted by Gasteiger charge is -2.45. The third-order valence-electron chi connectivity index (χ3n) is 5.29. The van der Waals surface area contributed by atoms with Gasteiger partial charge in [-0.05, 0) is 55.6 Å². The lowest BCUT2D eigenvalue weighted by atomic mass is 9.84. The average molecular weight is 463 g/mol. The summed E-state index contributed by atoms with van der Waals surface area (Å²) in [6, 6.07) is 15.4. The maximum absolute atomic E-state index is 9.65. The Morgan fingerprint density at radius 2 is 1.94 bits per heavy atom. The van der Waals surface area contributed by atoms with Crippen LogP contribution in [0, 0.1) is 5.92 Å². The molecule has 4 heterocycles. The molecule has 0 saturated carbocycles. The molecule has 2 aromatic rings. The molecule has 31 heavy (non-hydrogen) atoms. The number of thiocarbonyl (C=S) groups is 1. The molecule has 6 nitrogen and oxygen atoms in total. The fourth-order valence-corrected chi connectivity index (χ4v) is 5.04. The van der Waals surface area contributed by atoms with Crippen LogP contribution in [-0.2, 0) is 9.68 Å². The molecule has 0 radical (unpaired) electrons. The number of hydrogen-bond donors (Lipinski definition) is 3. The molecule has 1 aromatic carbocycles. The van der Waals surface area contributed by atoms with Crippen LogP contribution in [0.4, 0.5) is 0 Å². The van der Waals surface area contributed by atoms with E-state index < -0.39 is 5.97 Å². The van der Waals surface area contributed by atoms with Crippen LogP contribution in [0.3, 0.4) is 0 Å². The second kappa shape index (κ2) is 12.7. The Morgan fingerprint density at radius 3 is 2.52 bits per heavy atom. The number of aliphatic carboxylic acids is 1. The number of nitrogens with one attached hydrogen (secondary N) is 1. The quantitative estimate of drug-likeness (QED) is 0.252. The molecule has 168 valence electrons. The number of carbonyl (C=O) groups is 1. The Bertz CT molecular complexity index is 861. The third kappa shape index (κ3) is 7.52. The second-order valence-corrected chi connectivity index (χ2v) is 8.78. The van der Waals surface area contributed by atoms with E-state index in [9.17, 15) is 4.79 Å². The van der Waals surface area contributed by atoms with Gasteiger partial charge in [-0.3, -0.25) is 5.26 Å². The highest BCUT2D eigenvalue weighted by atomic mass is 32.1. The van der Waals surface area contributed by atoms with E-state index >= 15 is 0 Å². The molecule has 3 saturated heterocycles. The summed E-state index contributed by atoms with van der Waals surface area (Å²) in [5.41, 5.74) is 1.27. The van der Waals surface area contributed by atoms with E-state index in [4.69, 9.17) is 22.6 Å². The van der Waals surface area contributed by atoms with E-state index in [0.29, 0.717) is 6.04 Å². The maximum atomic E-state index is 9.65. The van der Waals surface area contributed by atoms with Crippen LogP contribution in [0.25, 0.3) is 10.4 Å². The van der Waals surface area contributed by atoms with Crippen molar-refractivity contribution < 1.29 is 20.0 Å². The van der Waals surface area contributed by atoms with Crippen LogP contribution in [-0.4, -0.2) is 58.5 Å². The third-order valence-corrected chi connectivity index (χ3v) is 6.91. The number of piperidine rings is 3. The molecule has 5 rings (SSSR count). The van der Waals surface area contributed by atoms with Crippen LogP contribution in [0.15, 0.2) is 54.6 Å². The highest BCUT2D eigenvalue weighted by molar-refractivity contribution is 7.81. The smallest absolute Gasteiger partial charge is 0.328 e. The zero-order chi connectivity index (χ0) is 21.3. The van der Waals surface area contributed by atoms with E-state index in [0.717, 1.165) is 23.5 Å². The molecule has 3 N–H and O–H groups in total. The van der Waals surface area contributed by atoms with Crippen molar-refractivity contribution in [3.8, 4) is 10.4 Å². The van der Waals surface area contributed by atoms with E-state index in [1.165, 1.54) is 47.3 Å². The Kier molecular flexibility index (Phi) is 10.3. The van der Waals surface area contributed by atoms with E-state index in [2.05, 4.69) is 57.6 Å². The van der Waals surface area contributed by atoms with Gasteiger partial charge in [0.25, 0.3) is 0 Å². The standard InChI is InChI=1S/C18H20N2S2.C4H6O4.CH4/c21-18(19-15-12-20-10-8-13(15)9-11-20)17-7-6-16(22-17)14-4-2-1-3-5-14;5-4(6)2-1-3-8-7;/h1-7,13,15H,8-12H2,(H,19,21);1-2,7H,3H2,(H,5,6);1H4/b;2-1+;/t15-;;/m0../s1. The Labute approximate surface area is 193 Å². The van der Waals surface area contributed by atoms with Crippen molar-refractivity contribution in [1.29, 1.82) is 0 Å². The van der Waals surface area contributed by atoms with Crippen LogP contribution >= 0.6 is 23.6 Å². The van der Waals surface area contributed by atoms with Gasteiger partial charge in [-0.2, -0.15) is 0 Å². The summed E-state index contributed by atoms with van der Waals surface area (Å²) in [5.74, 6) is -0.251. The molecule has 0 unspecified atom stereocenters. The van der Waals surface area contributed by atoms with Gasteiger partial charge < -0.3 is 15.3 Å². The summed E-state index contributed by atoms with van der Waals surface area (Å²) in [7, 11) is 0. The summed E-state index contributed by atoms with van der Waals surface area (Å²) < 4.78 is 0. The molecule has 3 aliphatic rings. The van der Waals surface area contributed by atoms with Crippen molar-refractivity contribution in [3.63, 3.8) is 0 Å². The Hall–Kier alpha value is -2.10. The SMILES string of the molecule is C.O=C(O)/C=C/COO.S=C(N[C@H]1CN2CCC1CC2)c1ccc(-c2ccccc2)s1. The van der Waals surface area contributed by atoms with Crippen LogP contribution in [0.1, 0.15) is 25.1 Å². The highest BCUT2D eigenvalue weighted by Gasteiger charge is 2.34. The summed E-state index contributed by atoms with van der Waals surface area (Å²) in [5, 5.41) is 19.2. The van der Waals surface area contributed by atoms with Crippen molar-refractivity contribution in [1.82, 2.24) is 10.2 Å². The van der Waals surface area contributed by atoms with Crippen molar-refractivity contribution >= 4 is 34.5 Å². The number of thiophene rings is 1. The van der Waals surface area contributed by atoms with Crippen molar-refractivity contribution in [3.05, 3.63) is 59.5 Å². The monoisotopic (exact) mass is 462 g/mol. The van der Waals surface area contributed by atoms with Gasteiger partial charge in [-0.15, -0.1) is 11.3 Å². The van der Waals surface area contributed by atoms with Gasteiger partial charge in [0, 0.05) is 23.5 Å². The molecular formula is C23H30N2O4S2. The number of rotatable bonds is 6. The normalized spacial score (nSPS) is 21.6. The topological polar surface area (TPSA) is 82.0 Å². The minimum atomic E-state index is -1.05. The van der Waals surface area contributed by atoms with Gasteiger partial charge in [-0.1, -0.05) is 50.0 Å². The summed E-state index contributed by atoms with van der Waals surface area (Å²) in [4.78, 5) is 19.1. The summed E-state index contributed by atoms with van der Waals surface area (Å²) in [6.07, 6.45) is 4.71. The molecule has 0 spiro atoms. The van der Waals surface area contributed by atoms with Gasteiger partial charge in [-0.25, -0.2) is 9.68 Å². The Balaban J connectivity index is 0.000000329. The first kappa shape index (κ1) is 25.2. The molecule has 8 heteroatoms. The van der Waals surface area contributed by atoms with Gasteiger partial charge in [0.1, 0.15) is 11.6 Å². The van der Waals surface area contributed by atoms with Crippen molar-refractivity contribution in [2.45, 2.75) is 26.3 Å². The molecule has 1 aromatic heterocycles. The lowest BCUT2D eigenvalue weighted by molar-refractivity contribution is -0.231. The highest BCUT2D eigenvalue weighted by Crippen LogP contribution is 2.30. The largest absolute Gasteiger partial charge is 0.478 e. The van der Waals surface area contributed by atoms with Crippen molar-refractivity contribution in [2.75, 3.05) is 26.2 Å². The predicted molar refractivity (Wildman–Crippen MR) is 130 cm³/mol. The molecule has 3 fully saturated rings. The number of nitrogens with zero attached hydrogens (tertiary/aromatic N) is 1. The van der Waals surface area contributed by atoms with Gasteiger partial charge >= 0.3 is 5.97 Å². The van der Waals surface area contributed by atoms with Crippen molar-refractivity contribution in [2.24, 2.45) is 5.92 Å². The van der Waals surface area contributed by atoms with Gasteiger partial charge in [0.05, 0.1) is 4.88 Å². The van der Waals surface area contributed by atoms with Gasteiger partial charge in [0.2, 0.25) is 0 Å². The van der Waals surface area contributed by atoms with Crippen LogP contribution in [0.2, 0.25) is 0 Å². The molecular weight excluding hydrogens is 432 g/mol. The first-order valence-corrected chi connectivity index (χ1v) is 11.1. The average Bonchev–Trinajstić information content (AvgIpc) is 3.26. The fraction of sp³-hybridized carbons (Fsp3) is 0.391. The zero-order valence-corrected chi connectivity index (χ0v) is 18.2. The zero-order valence-electron chi connectivity index (χ0n) is 16.6. The molecule has 2 bridgehead atoms. The number of carboxylic acid groups (broad SMARTS) is 1. The summed E-state index contributed by atoms with van der Waals surface area (Å²) in [6.45, 7) is 3.60. The number of carboxylic acids is 1. The molecule has 0 amide bonds. The number of fused-ring (bicyclic) bond motifs is 3. The Morgan fingerprint density at radius 1 is 1.23 bits per heavy atom. The maximum Gasteiger partial charge on any atom is 0.328 e. The molecule has 0 aliphatic carbocycles. The predicted octanol–water partition coefficient (Wildman–Crippen LogP) is 4.53. The first-order chi connectivity index (χ1) is 14.6. The second-order valence-electron chi connectivity index (χ2n) is 7.28. The van der Waals surface area contributed by atoms with Crippen LogP contribution in [0.5, 0.6) is 0 Å². The van der Waals surface area contributed by atoms with Gasteiger partial charge in [0.15, 0.2) is 0 Å². The molecule has 3 aliphatic heterocycles. The first-order valence-electron chi connectivity index (χ1n) is 9.91. The number of hydrogen-bond acceptors (Lipinski definition) is 6. The minimum absolute atomic E-state index is 0. The van der Waals surface area contributed by atoms with E-state index in [1.54, 1.807) is 11.3 Å². The van der Waals surface area contributed by atoms with Crippen LogP contribution < -0.4 is 5.32 Å².